The predicted octanol–water partition coefficient (Wildman–Crippen LogP) is 3.20. The molecule has 0 aliphatic carbocycles. The van der Waals surface area contributed by atoms with Crippen molar-refractivity contribution in [3.63, 3.8) is 0 Å². The number of halogens is 2. The van der Waals surface area contributed by atoms with Crippen molar-refractivity contribution >= 4 is 21.7 Å². The highest BCUT2D eigenvalue weighted by Crippen LogP contribution is 2.25. The first-order valence-corrected chi connectivity index (χ1v) is 10.9. The van der Waals surface area contributed by atoms with Gasteiger partial charge in [0, 0.05) is 19.6 Å². The van der Waals surface area contributed by atoms with Crippen molar-refractivity contribution in [2.24, 2.45) is 5.92 Å². The van der Waals surface area contributed by atoms with Crippen LogP contribution >= 0.6 is 0 Å². The van der Waals surface area contributed by atoms with Crippen LogP contribution in [0.4, 0.5) is 19.3 Å². The molecule has 2 aromatic rings. The molecule has 10 heteroatoms. The number of rotatable bonds is 6. The Balaban J connectivity index is 1.53. The molecular weight excluding hydrogens is 416 g/mol. The summed E-state index contributed by atoms with van der Waals surface area (Å²) in [7, 11) is -2.79. The van der Waals surface area contributed by atoms with Gasteiger partial charge in [0.05, 0.1) is 12.8 Å². The molecule has 0 spiro atoms. The van der Waals surface area contributed by atoms with Crippen molar-refractivity contribution in [2.75, 3.05) is 32.1 Å². The first kappa shape index (κ1) is 22.0. The van der Waals surface area contributed by atoms with Gasteiger partial charge in [0.15, 0.2) is 4.90 Å². The summed E-state index contributed by atoms with van der Waals surface area (Å²) in [5, 5.41) is 2.80. The molecule has 1 fully saturated rings. The minimum absolute atomic E-state index is 0.0398. The Morgan fingerprint density at radius 2 is 1.73 bits per heavy atom. The van der Waals surface area contributed by atoms with Crippen molar-refractivity contribution in [3.05, 3.63) is 54.1 Å². The maximum absolute atomic E-state index is 13.8. The fourth-order valence-electron chi connectivity index (χ4n) is 3.32. The van der Waals surface area contributed by atoms with Gasteiger partial charge in [-0.2, -0.15) is 0 Å². The molecule has 1 saturated heterocycles. The van der Waals surface area contributed by atoms with Gasteiger partial charge >= 0.3 is 6.03 Å². The molecule has 0 atom stereocenters. The van der Waals surface area contributed by atoms with E-state index in [2.05, 4.69) is 10.0 Å². The molecule has 2 amide bonds. The third kappa shape index (κ3) is 5.06. The number of para-hydroxylation sites is 2. The number of methoxy groups -OCH3 is 1. The Morgan fingerprint density at radius 1 is 1.10 bits per heavy atom. The fraction of sp³-hybridized carbons (Fsp3) is 0.350. The Kier molecular flexibility index (Phi) is 6.88. The van der Waals surface area contributed by atoms with E-state index in [0.717, 1.165) is 18.2 Å². The van der Waals surface area contributed by atoms with Gasteiger partial charge in [0.25, 0.3) is 0 Å². The quantitative estimate of drug-likeness (QED) is 0.724. The van der Waals surface area contributed by atoms with Gasteiger partial charge in [0.1, 0.15) is 17.4 Å². The number of sulfonamides is 1. The second-order valence-electron chi connectivity index (χ2n) is 6.96. The van der Waals surface area contributed by atoms with Gasteiger partial charge in [-0.05, 0) is 43.0 Å². The molecule has 0 saturated carbocycles. The average Bonchev–Trinajstić information content (AvgIpc) is 2.73. The second-order valence-corrected chi connectivity index (χ2v) is 8.67. The summed E-state index contributed by atoms with van der Waals surface area (Å²) >= 11 is 0. The molecule has 1 heterocycles. The monoisotopic (exact) mass is 439 g/mol. The molecule has 0 radical (unpaired) electrons. The summed E-state index contributed by atoms with van der Waals surface area (Å²) in [5.41, 5.74) is 0.562. The average molecular weight is 439 g/mol. The third-order valence-electron chi connectivity index (χ3n) is 5.00. The molecule has 1 aliphatic heterocycles. The number of hydrogen-bond acceptors (Lipinski definition) is 4. The Hall–Kier alpha value is -2.72. The topological polar surface area (TPSA) is 87.7 Å². The predicted molar refractivity (Wildman–Crippen MR) is 108 cm³/mol. The summed E-state index contributed by atoms with van der Waals surface area (Å²) in [5.74, 6) is -1.77. The number of hydrogen-bond donors (Lipinski definition) is 2. The third-order valence-corrected chi connectivity index (χ3v) is 6.47. The van der Waals surface area contributed by atoms with E-state index in [1.165, 1.54) is 7.11 Å². The van der Waals surface area contributed by atoms with Crippen LogP contribution in [-0.4, -0.2) is 46.1 Å². The number of nitrogens with zero attached hydrogens (tertiary/aromatic N) is 1. The second kappa shape index (κ2) is 9.40. The number of amides is 2. The van der Waals surface area contributed by atoms with Crippen LogP contribution in [0.3, 0.4) is 0 Å². The highest BCUT2D eigenvalue weighted by Gasteiger charge is 2.27. The SMILES string of the molecule is COc1ccccc1NC(=O)N1CCC(CNS(=O)(=O)c2c(F)cccc2F)CC1. The summed E-state index contributed by atoms with van der Waals surface area (Å²) in [6.07, 6.45) is 1.11. The summed E-state index contributed by atoms with van der Waals surface area (Å²) in [6.45, 7) is 0.904. The molecule has 3 rings (SSSR count). The zero-order valence-corrected chi connectivity index (χ0v) is 17.2. The molecule has 2 aromatic carbocycles. The van der Waals surface area contributed by atoms with Crippen LogP contribution in [0.1, 0.15) is 12.8 Å². The maximum atomic E-state index is 13.8. The normalized spacial score (nSPS) is 15.1. The van der Waals surface area contributed by atoms with E-state index in [-0.39, 0.29) is 18.5 Å². The molecule has 30 heavy (non-hydrogen) atoms. The number of benzene rings is 2. The number of nitrogens with one attached hydrogen (secondary N) is 2. The van der Waals surface area contributed by atoms with E-state index in [1.807, 2.05) is 0 Å². The molecule has 2 N–H and O–H groups in total. The Bertz CT molecular complexity index is 989. The number of anilines is 1. The molecule has 0 bridgehead atoms. The Morgan fingerprint density at radius 3 is 2.37 bits per heavy atom. The van der Waals surface area contributed by atoms with Crippen LogP contribution < -0.4 is 14.8 Å². The van der Waals surface area contributed by atoms with Gasteiger partial charge in [0.2, 0.25) is 10.0 Å². The van der Waals surface area contributed by atoms with E-state index in [4.69, 9.17) is 4.74 Å². The minimum Gasteiger partial charge on any atom is -0.495 e. The van der Waals surface area contributed by atoms with Crippen molar-refractivity contribution in [3.8, 4) is 5.75 Å². The largest absolute Gasteiger partial charge is 0.495 e. The summed E-state index contributed by atoms with van der Waals surface area (Å²) in [6, 6.07) is 9.70. The molecular formula is C20H23F2N3O4S. The lowest BCUT2D eigenvalue weighted by molar-refractivity contribution is 0.183. The van der Waals surface area contributed by atoms with Gasteiger partial charge in [-0.3, -0.25) is 0 Å². The Labute approximate surface area is 174 Å². The van der Waals surface area contributed by atoms with Gasteiger partial charge in [-0.25, -0.2) is 26.7 Å². The zero-order chi connectivity index (χ0) is 21.7. The van der Waals surface area contributed by atoms with E-state index in [9.17, 15) is 22.0 Å². The van der Waals surface area contributed by atoms with Gasteiger partial charge in [-0.1, -0.05) is 18.2 Å². The van der Waals surface area contributed by atoms with Crippen LogP contribution in [-0.2, 0) is 10.0 Å². The van der Waals surface area contributed by atoms with Crippen LogP contribution in [0.15, 0.2) is 47.4 Å². The lowest BCUT2D eigenvalue weighted by atomic mass is 9.97. The van der Waals surface area contributed by atoms with Crippen molar-refractivity contribution < 1.29 is 26.7 Å². The fourth-order valence-corrected chi connectivity index (χ4v) is 4.57. The highest BCUT2D eigenvalue weighted by atomic mass is 32.2. The number of carbonyl (C=O) groups excluding carboxylic acids is 1. The van der Waals surface area contributed by atoms with E-state index in [0.29, 0.717) is 37.4 Å². The summed E-state index contributed by atoms with van der Waals surface area (Å²) < 4.78 is 59.6. The molecule has 1 aliphatic rings. The zero-order valence-electron chi connectivity index (χ0n) is 16.4. The number of piperidine rings is 1. The van der Waals surface area contributed by atoms with Gasteiger partial charge < -0.3 is 15.0 Å². The first-order chi connectivity index (χ1) is 14.3. The van der Waals surface area contributed by atoms with Crippen molar-refractivity contribution in [2.45, 2.75) is 17.7 Å². The lowest BCUT2D eigenvalue weighted by Crippen LogP contribution is -2.43. The van der Waals surface area contributed by atoms with Crippen LogP contribution in [0.5, 0.6) is 5.75 Å². The number of likely N-dealkylation sites (tertiary alicyclic amines) is 1. The molecule has 7 nitrogen and oxygen atoms in total. The standard InChI is InChI=1S/C20H23F2N3O4S/c1-29-18-8-3-2-7-17(18)24-20(26)25-11-9-14(10-12-25)13-23-30(27,28)19-15(21)5-4-6-16(19)22/h2-8,14,23H,9-13H2,1H3,(H,24,26). The first-order valence-electron chi connectivity index (χ1n) is 9.44. The maximum Gasteiger partial charge on any atom is 0.321 e. The van der Waals surface area contributed by atoms with Crippen LogP contribution in [0.25, 0.3) is 0 Å². The molecule has 162 valence electrons. The smallest absolute Gasteiger partial charge is 0.321 e. The number of urea groups is 1. The molecule has 0 aromatic heterocycles. The van der Waals surface area contributed by atoms with Crippen molar-refractivity contribution in [1.29, 1.82) is 0 Å². The van der Waals surface area contributed by atoms with Crippen LogP contribution in [0.2, 0.25) is 0 Å². The summed E-state index contributed by atoms with van der Waals surface area (Å²) in [4.78, 5) is 13.1. The van der Waals surface area contributed by atoms with Crippen LogP contribution in [0, 0.1) is 17.6 Å². The van der Waals surface area contributed by atoms with Gasteiger partial charge in [-0.15, -0.1) is 0 Å². The minimum atomic E-state index is -4.31. The number of ether oxygens (including phenoxy) is 1. The molecule has 0 unspecified atom stereocenters. The van der Waals surface area contributed by atoms with Crippen molar-refractivity contribution in [1.82, 2.24) is 9.62 Å². The van der Waals surface area contributed by atoms with E-state index >= 15 is 0 Å². The highest BCUT2D eigenvalue weighted by molar-refractivity contribution is 7.89. The van der Waals surface area contributed by atoms with E-state index in [1.54, 1.807) is 29.2 Å². The number of carbonyl (C=O) groups is 1. The lowest BCUT2D eigenvalue weighted by Gasteiger charge is -2.32. The van der Waals surface area contributed by atoms with E-state index < -0.39 is 26.6 Å².